The molecule has 144 valence electrons. The number of nitrogens with zero attached hydrogens (tertiary/aromatic N) is 1. The molecular formula is C19H24N4O4. The molecule has 2 saturated heterocycles. The highest BCUT2D eigenvalue weighted by molar-refractivity contribution is 6.05. The summed E-state index contributed by atoms with van der Waals surface area (Å²) >= 11 is 0. The molecular weight excluding hydrogens is 348 g/mol. The average molecular weight is 372 g/mol. The van der Waals surface area contributed by atoms with Gasteiger partial charge in [-0.05, 0) is 30.2 Å². The Bertz CT molecular complexity index is 781. The molecule has 3 amide bonds. The van der Waals surface area contributed by atoms with Crippen molar-refractivity contribution in [3.05, 3.63) is 34.9 Å². The zero-order chi connectivity index (χ0) is 19.0. The lowest BCUT2D eigenvalue weighted by Gasteiger charge is -2.29. The van der Waals surface area contributed by atoms with Crippen molar-refractivity contribution in [1.82, 2.24) is 15.5 Å². The molecule has 1 aromatic carbocycles. The van der Waals surface area contributed by atoms with Gasteiger partial charge >= 0.3 is 0 Å². The highest BCUT2D eigenvalue weighted by atomic mass is 16.5. The second kappa shape index (κ2) is 7.38. The van der Waals surface area contributed by atoms with Gasteiger partial charge in [0.05, 0.1) is 13.2 Å². The summed E-state index contributed by atoms with van der Waals surface area (Å²) < 4.78 is 5.50. The van der Waals surface area contributed by atoms with E-state index in [0.717, 1.165) is 11.1 Å². The van der Waals surface area contributed by atoms with Gasteiger partial charge in [0.1, 0.15) is 6.04 Å². The van der Waals surface area contributed by atoms with Crippen LogP contribution in [0.15, 0.2) is 18.2 Å². The molecule has 27 heavy (non-hydrogen) atoms. The topological polar surface area (TPSA) is 114 Å². The number of piperidine rings is 1. The Kier molecular flexibility index (Phi) is 4.94. The van der Waals surface area contributed by atoms with E-state index in [2.05, 4.69) is 10.6 Å². The zero-order valence-corrected chi connectivity index (χ0v) is 15.1. The van der Waals surface area contributed by atoms with Gasteiger partial charge < -0.3 is 20.7 Å². The molecule has 3 atom stereocenters. The van der Waals surface area contributed by atoms with Crippen molar-refractivity contribution >= 4 is 17.7 Å². The van der Waals surface area contributed by atoms with Gasteiger partial charge in [-0.2, -0.15) is 0 Å². The maximum absolute atomic E-state index is 12.8. The third kappa shape index (κ3) is 3.36. The van der Waals surface area contributed by atoms with Crippen LogP contribution >= 0.6 is 0 Å². The summed E-state index contributed by atoms with van der Waals surface area (Å²) in [5.74, 6) is -0.520. The minimum Gasteiger partial charge on any atom is -0.379 e. The minimum absolute atomic E-state index is 0.148. The van der Waals surface area contributed by atoms with Crippen LogP contribution in [0.5, 0.6) is 0 Å². The van der Waals surface area contributed by atoms with E-state index in [1.54, 1.807) is 11.0 Å². The molecule has 1 unspecified atom stereocenters. The van der Waals surface area contributed by atoms with Gasteiger partial charge in [-0.3, -0.25) is 19.7 Å². The number of hydrogen-bond acceptors (Lipinski definition) is 6. The van der Waals surface area contributed by atoms with Crippen LogP contribution < -0.4 is 16.4 Å². The molecule has 0 aromatic heterocycles. The number of rotatable bonds is 5. The third-order valence-corrected chi connectivity index (χ3v) is 5.73. The molecule has 3 aliphatic rings. The Morgan fingerprint density at radius 1 is 1.26 bits per heavy atom. The Hall–Kier alpha value is -2.29. The van der Waals surface area contributed by atoms with Crippen molar-refractivity contribution in [2.75, 3.05) is 19.8 Å². The second-order valence-corrected chi connectivity index (χ2v) is 7.36. The average Bonchev–Trinajstić information content (AvgIpc) is 3.25. The molecule has 2 fully saturated rings. The molecule has 1 aromatic rings. The predicted octanol–water partition coefficient (Wildman–Crippen LogP) is -0.489. The van der Waals surface area contributed by atoms with Gasteiger partial charge in [0.25, 0.3) is 5.91 Å². The normalized spacial score (nSPS) is 27.8. The van der Waals surface area contributed by atoms with Crippen LogP contribution in [0.2, 0.25) is 0 Å². The van der Waals surface area contributed by atoms with Gasteiger partial charge in [0, 0.05) is 37.0 Å². The van der Waals surface area contributed by atoms with Crippen molar-refractivity contribution in [2.24, 2.45) is 11.7 Å². The molecule has 0 radical (unpaired) electrons. The first kappa shape index (κ1) is 18.1. The lowest BCUT2D eigenvalue weighted by molar-refractivity contribution is -0.136. The number of nitrogens with two attached hydrogens (primary N) is 1. The molecule has 0 saturated carbocycles. The Labute approximate surface area is 157 Å². The summed E-state index contributed by atoms with van der Waals surface area (Å²) in [6, 6.07) is 5.28. The van der Waals surface area contributed by atoms with Crippen LogP contribution in [0.3, 0.4) is 0 Å². The van der Waals surface area contributed by atoms with Gasteiger partial charge in [-0.25, -0.2) is 0 Å². The molecule has 4 rings (SSSR count). The Balaban J connectivity index is 1.49. The van der Waals surface area contributed by atoms with Crippen LogP contribution in [0.4, 0.5) is 0 Å². The van der Waals surface area contributed by atoms with Crippen molar-refractivity contribution in [3.8, 4) is 0 Å². The van der Waals surface area contributed by atoms with Gasteiger partial charge in [-0.15, -0.1) is 0 Å². The van der Waals surface area contributed by atoms with Gasteiger partial charge in [0.15, 0.2) is 0 Å². The van der Waals surface area contributed by atoms with Crippen molar-refractivity contribution in [2.45, 2.75) is 38.0 Å². The van der Waals surface area contributed by atoms with E-state index in [9.17, 15) is 14.4 Å². The van der Waals surface area contributed by atoms with E-state index in [-0.39, 0.29) is 30.2 Å². The summed E-state index contributed by atoms with van der Waals surface area (Å²) in [5.41, 5.74) is 8.42. The van der Waals surface area contributed by atoms with Crippen LogP contribution in [-0.4, -0.2) is 54.5 Å². The molecule has 3 aliphatic heterocycles. The summed E-state index contributed by atoms with van der Waals surface area (Å²) in [4.78, 5) is 38.0. The first-order valence-corrected chi connectivity index (χ1v) is 9.35. The Morgan fingerprint density at radius 2 is 2.11 bits per heavy atom. The number of amides is 3. The van der Waals surface area contributed by atoms with E-state index < -0.39 is 6.04 Å². The lowest BCUT2D eigenvalue weighted by Crippen LogP contribution is -2.52. The number of nitrogens with one attached hydrogen (secondary N) is 2. The summed E-state index contributed by atoms with van der Waals surface area (Å²) in [7, 11) is 0. The molecule has 0 aliphatic carbocycles. The zero-order valence-electron chi connectivity index (χ0n) is 15.1. The largest absolute Gasteiger partial charge is 0.379 e. The molecule has 8 nitrogen and oxygen atoms in total. The van der Waals surface area contributed by atoms with Gasteiger partial charge in [0.2, 0.25) is 11.8 Å². The first-order chi connectivity index (χ1) is 13.1. The van der Waals surface area contributed by atoms with Crippen LogP contribution in [0, 0.1) is 5.92 Å². The highest BCUT2D eigenvalue weighted by Crippen LogP contribution is 2.30. The molecule has 8 heteroatoms. The quantitative estimate of drug-likeness (QED) is 0.601. The number of benzene rings is 1. The van der Waals surface area contributed by atoms with Crippen LogP contribution in [-0.2, 0) is 27.4 Å². The predicted molar refractivity (Wildman–Crippen MR) is 96.5 cm³/mol. The van der Waals surface area contributed by atoms with Crippen molar-refractivity contribution in [1.29, 1.82) is 0 Å². The van der Waals surface area contributed by atoms with E-state index in [1.807, 2.05) is 12.1 Å². The van der Waals surface area contributed by atoms with Crippen LogP contribution in [0.1, 0.15) is 34.3 Å². The summed E-state index contributed by atoms with van der Waals surface area (Å²) in [6.07, 6.45) is 0.628. The van der Waals surface area contributed by atoms with E-state index in [0.29, 0.717) is 50.8 Å². The second-order valence-electron chi connectivity index (χ2n) is 7.36. The fraction of sp³-hybridized carbons (Fsp3) is 0.526. The first-order valence-electron chi connectivity index (χ1n) is 9.35. The molecule has 0 bridgehead atoms. The maximum atomic E-state index is 12.8. The van der Waals surface area contributed by atoms with Crippen molar-refractivity contribution in [3.63, 3.8) is 0 Å². The number of hydrogen-bond donors (Lipinski definition) is 3. The van der Waals surface area contributed by atoms with Crippen LogP contribution in [0.25, 0.3) is 0 Å². The van der Waals surface area contributed by atoms with E-state index in [4.69, 9.17) is 10.5 Å². The lowest BCUT2D eigenvalue weighted by atomic mass is 10.0. The number of carbonyl (C=O) groups excluding carboxylic acids is 3. The third-order valence-electron chi connectivity index (χ3n) is 5.73. The Morgan fingerprint density at radius 3 is 2.89 bits per heavy atom. The minimum atomic E-state index is -0.590. The van der Waals surface area contributed by atoms with E-state index >= 15 is 0 Å². The van der Waals surface area contributed by atoms with Crippen molar-refractivity contribution < 1.29 is 19.1 Å². The number of ether oxygens (including phenoxy) is 1. The number of fused-ring (bicyclic) bond motifs is 1. The summed E-state index contributed by atoms with van der Waals surface area (Å²) in [6.45, 7) is 2.89. The molecule has 0 spiro atoms. The number of imide groups is 1. The standard InChI is InChI=1S/C19H24N4O4/c20-6-12-9-27-10-15(12)21-7-11-2-1-3-13-14(11)8-23(19(13)26)16-4-5-17(24)22-18(16)25/h1-3,12,15-16,21H,4-10,20H2,(H,22,24,25)/t12-,15-,16?/m1/s1. The smallest absolute Gasteiger partial charge is 0.255 e. The van der Waals surface area contributed by atoms with Gasteiger partial charge in [-0.1, -0.05) is 12.1 Å². The summed E-state index contributed by atoms with van der Waals surface area (Å²) in [5, 5.41) is 5.83. The molecule has 3 heterocycles. The monoisotopic (exact) mass is 372 g/mol. The number of carbonyl (C=O) groups is 3. The fourth-order valence-electron chi connectivity index (χ4n) is 4.11. The fourth-order valence-corrected chi connectivity index (χ4v) is 4.11. The highest BCUT2D eigenvalue weighted by Gasteiger charge is 2.39. The SMILES string of the molecule is NC[C@@H]1COC[C@H]1NCc1cccc2c1CN(C1CCC(=O)NC1=O)C2=O. The maximum Gasteiger partial charge on any atom is 0.255 e. The van der Waals surface area contributed by atoms with E-state index in [1.165, 1.54) is 0 Å². The molecule has 4 N–H and O–H groups in total.